The Bertz CT molecular complexity index is 1560. The van der Waals surface area contributed by atoms with Crippen LogP contribution in [0.1, 0.15) is 118 Å². The molecule has 0 radical (unpaired) electrons. The van der Waals surface area contributed by atoms with Crippen LogP contribution in [0, 0.1) is 56.7 Å². The first-order valence-electron chi connectivity index (χ1n) is 18.6. The van der Waals surface area contributed by atoms with Crippen LogP contribution in [-0.4, -0.2) is 36.2 Å². The van der Waals surface area contributed by atoms with Crippen molar-refractivity contribution in [1.82, 2.24) is 0 Å². The number of carbonyl (C=O) groups excluding carboxylic acids is 2. The Hall–Kier alpha value is -3.09. The molecule has 5 aliphatic rings. The lowest BCUT2D eigenvalue weighted by Crippen LogP contribution is -2.67. The number of allylic oxidation sites excluding steroid dienone is 1. The molecule has 1 aromatic rings. The van der Waals surface area contributed by atoms with Gasteiger partial charge >= 0.3 is 17.9 Å². The summed E-state index contributed by atoms with van der Waals surface area (Å²) >= 11 is 0. The first-order valence-corrected chi connectivity index (χ1v) is 18.6. The van der Waals surface area contributed by atoms with Crippen molar-refractivity contribution in [1.29, 1.82) is 0 Å². The first kappa shape index (κ1) is 35.7. The van der Waals surface area contributed by atoms with Gasteiger partial charge in [-0.25, -0.2) is 4.79 Å². The molecule has 5 aliphatic carbocycles. The molecule has 0 heterocycles. The van der Waals surface area contributed by atoms with Crippen LogP contribution >= 0.6 is 0 Å². The zero-order chi connectivity index (χ0) is 35.7. The standard InChI is InChI=1S/C42H58O7/c1-25(2)28-16-21-42(37(45)46)23-22-40(7)29(36(28)42)12-14-33-39(6)19-18-34(38(4,5)32(39)17-20-41(33,40)8)49-35(44)15-11-27-10-13-30(48-26(3)43)31(24-27)47-9/h10-11,13,15,24,28-29,32-34,36H,1,12,14,16-23H2,2-9H3,(H,45,46)/b15-11+/t28-,29+,32-,33+,34-,36+,39-,40+,41+,42-/m0/s1. The predicted octanol–water partition coefficient (Wildman–Crippen LogP) is 9.29. The van der Waals surface area contributed by atoms with Crippen LogP contribution in [0.15, 0.2) is 36.4 Å². The zero-order valence-corrected chi connectivity index (χ0v) is 31.0. The second kappa shape index (κ2) is 12.3. The molecular weight excluding hydrogens is 616 g/mol. The van der Waals surface area contributed by atoms with Gasteiger partial charge in [-0.15, -0.1) is 0 Å². The molecule has 0 bridgehead atoms. The van der Waals surface area contributed by atoms with E-state index in [4.69, 9.17) is 14.2 Å². The second-order valence-corrected chi connectivity index (χ2v) is 17.8. The maximum Gasteiger partial charge on any atom is 0.331 e. The Balaban J connectivity index is 1.20. The SMILES string of the molecule is C=C(C)[C@@H]1CC[C@]2(C(=O)O)CC[C@]3(C)[C@H](CC[C@@H]4[C@@]5(C)CC[C@H](OC(=O)/C=C/c6ccc(OC(C)=O)c(OC)c6)C(C)(C)[C@@H]5CC[C@]43C)[C@@H]12. The van der Waals surface area contributed by atoms with Gasteiger partial charge in [0.05, 0.1) is 12.5 Å². The molecular formula is C42H58O7. The summed E-state index contributed by atoms with van der Waals surface area (Å²) in [4.78, 5) is 37.6. The summed E-state index contributed by atoms with van der Waals surface area (Å²) in [5.74, 6) is 1.23. The van der Waals surface area contributed by atoms with Gasteiger partial charge in [-0.3, -0.25) is 9.59 Å². The lowest BCUT2D eigenvalue weighted by atomic mass is 9.32. The highest BCUT2D eigenvalue weighted by molar-refractivity contribution is 5.87. The van der Waals surface area contributed by atoms with E-state index < -0.39 is 17.4 Å². The fraction of sp³-hybridized carbons (Fsp3) is 0.690. The van der Waals surface area contributed by atoms with Gasteiger partial charge in [-0.2, -0.15) is 0 Å². The Morgan fingerprint density at radius 1 is 0.857 bits per heavy atom. The van der Waals surface area contributed by atoms with Crippen molar-refractivity contribution >= 4 is 24.0 Å². The van der Waals surface area contributed by atoms with Gasteiger partial charge in [0, 0.05) is 18.4 Å². The molecule has 0 spiro atoms. The van der Waals surface area contributed by atoms with Crippen LogP contribution < -0.4 is 9.47 Å². The third-order valence-electron chi connectivity index (χ3n) is 15.5. The zero-order valence-electron chi connectivity index (χ0n) is 31.0. The summed E-state index contributed by atoms with van der Waals surface area (Å²) < 4.78 is 16.8. The molecule has 0 saturated heterocycles. The average Bonchev–Trinajstić information content (AvgIpc) is 3.44. The van der Waals surface area contributed by atoms with Crippen molar-refractivity contribution in [3.8, 4) is 11.5 Å². The van der Waals surface area contributed by atoms with E-state index in [9.17, 15) is 19.5 Å². The molecule has 6 rings (SSSR count). The van der Waals surface area contributed by atoms with Crippen LogP contribution in [0.3, 0.4) is 0 Å². The van der Waals surface area contributed by atoms with Crippen molar-refractivity contribution in [3.05, 3.63) is 42.0 Å². The number of methoxy groups -OCH3 is 1. The van der Waals surface area contributed by atoms with Gasteiger partial charge in [0.1, 0.15) is 6.10 Å². The number of benzene rings is 1. The number of hydrogen-bond acceptors (Lipinski definition) is 6. The highest BCUT2D eigenvalue weighted by Crippen LogP contribution is 2.77. The van der Waals surface area contributed by atoms with E-state index in [1.807, 2.05) is 0 Å². The number of ether oxygens (including phenoxy) is 3. The first-order chi connectivity index (χ1) is 22.9. The number of carboxylic acid groups (broad SMARTS) is 1. The summed E-state index contributed by atoms with van der Waals surface area (Å²) in [5, 5.41) is 10.7. The molecule has 0 aliphatic heterocycles. The largest absolute Gasteiger partial charge is 0.493 e. The number of rotatable bonds is 7. The Morgan fingerprint density at radius 3 is 2.24 bits per heavy atom. The maximum atomic E-state index is 13.2. The van der Waals surface area contributed by atoms with E-state index in [1.165, 1.54) is 25.7 Å². The summed E-state index contributed by atoms with van der Waals surface area (Å²) in [5.41, 5.74) is 1.45. The summed E-state index contributed by atoms with van der Waals surface area (Å²) in [6, 6.07) is 5.16. The maximum absolute atomic E-state index is 13.2. The Morgan fingerprint density at radius 2 is 1.59 bits per heavy atom. The van der Waals surface area contributed by atoms with E-state index in [1.54, 1.807) is 24.3 Å². The van der Waals surface area contributed by atoms with Crippen LogP contribution in [0.5, 0.6) is 11.5 Å². The number of fused-ring (bicyclic) bond motifs is 7. The van der Waals surface area contributed by atoms with Crippen LogP contribution in [0.4, 0.5) is 0 Å². The van der Waals surface area contributed by atoms with Gasteiger partial charge in [0.25, 0.3) is 0 Å². The minimum atomic E-state index is -0.601. The quantitative estimate of drug-likeness (QED) is 0.133. The fourth-order valence-electron chi connectivity index (χ4n) is 13.1. The Kier molecular flexibility index (Phi) is 8.97. The van der Waals surface area contributed by atoms with Crippen molar-refractivity contribution in [3.63, 3.8) is 0 Å². The molecule has 268 valence electrons. The third kappa shape index (κ3) is 5.39. The summed E-state index contributed by atoms with van der Waals surface area (Å²) in [6.07, 6.45) is 12.8. The molecule has 10 atom stereocenters. The van der Waals surface area contributed by atoms with E-state index in [2.05, 4.69) is 48.1 Å². The van der Waals surface area contributed by atoms with E-state index in [0.717, 1.165) is 69.8 Å². The van der Waals surface area contributed by atoms with E-state index in [-0.39, 0.29) is 39.7 Å². The van der Waals surface area contributed by atoms with Gasteiger partial charge in [0.2, 0.25) is 0 Å². The van der Waals surface area contributed by atoms with Crippen molar-refractivity contribution in [2.75, 3.05) is 7.11 Å². The second-order valence-electron chi connectivity index (χ2n) is 17.8. The third-order valence-corrected chi connectivity index (χ3v) is 15.5. The molecule has 0 unspecified atom stereocenters. The lowest BCUT2D eigenvalue weighted by molar-refractivity contribution is -0.250. The molecule has 5 saturated carbocycles. The number of aliphatic carboxylic acids is 1. The van der Waals surface area contributed by atoms with Gasteiger partial charge < -0.3 is 19.3 Å². The molecule has 0 aromatic heterocycles. The molecule has 0 amide bonds. The van der Waals surface area contributed by atoms with E-state index >= 15 is 0 Å². The monoisotopic (exact) mass is 674 g/mol. The topological polar surface area (TPSA) is 99.1 Å². The van der Waals surface area contributed by atoms with E-state index in [0.29, 0.717) is 35.2 Å². The fourth-order valence-corrected chi connectivity index (χ4v) is 13.1. The van der Waals surface area contributed by atoms with Gasteiger partial charge in [0.15, 0.2) is 11.5 Å². The van der Waals surface area contributed by atoms with Crippen molar-refractivity contribution in [2.45, 2.75) is 119 Å². The molecule has 5 fully saturated rings. The number of esters is 2. The number of carbonyl (C=O) groups is 3. The Labute approximate surface area is 293 Å². The molecule has 1 aromatic carbocycles. The number of carboxylic acids is 1. The number of hydrogen-bond donors (Lipinski definition) is 1. The van der Waals surface area contributed by atoms with Gasteiger partial charge in [-0.1, -0.05) is 52.8 Å². The summed E-state index contributed by atoms with van der Waals surface area (Å²) in [6.45, 7) is 20.1. The predicted molar refractivity (Wildman–Crippen MR) is 190 cm³/mol. The minimum Gasteiger partial charge on any atom is -0.493 e. The van der Waals surface area contributed by atoms with Crippen molar-refractivity contribution in [2.24, 2.45) is 56.7 Å². The molecule has 7 nitrogen and oxygen atoms in total. The normalized spacial score (nSPS) is 40.7. The van der Waals surface area contributed by atoms with Crippen LogP contribution in [-0.2, 0) is 19.1 Å². The smallest absolute Gasteiger partial charge is 0.331 e. The summed E-state index contributed by atoms with van der Waals surface area (Å²) in [7, 11) is 1.51. The van der Waals surface area contributed by atoms with Crippen LogP contribution in [0.25, 0.3) is 6.08 Å². The van der Waals surface area contributed by atoms with Crippen LogP contribution in [0.2, 0.25) is 0 Å². The molecule has 49 heavy (non-hydrogen) atoms. The molecule has 7 heteroatoms. The lowest BCUT2D eigenvalue weighted by Gasteiger charge is -2.72. The molecule has 1 N–H and O–H groups in total. The minimum absolute atomic E-state index is 0.0862. The van der Waals surface area contributed by atoms with Gasteiger partial charge in [-0.05, 0) is 141 Å². The highest BCUT2D eigenvalue weighted by atomic mass is 16.6. The van der Waals surface area contributed by atoms with Crippen molar-refractivity contribution < 1.29 is 33.7 Å². The highest BCUT2D eigenvalue weighted by Gasteiger charge is 2.72. The average molecular weight is 675 g/mol.